The Bertz CT molecular complexity index is 583. The first kappa shape index (κ1) is 17.5. The van der Waals surface area contributed by atoms with E-state index < -0.39 is 17.9 Å². The number of carbonyl (C=O) groups is 3. The summed E-state index contributed by atoms with van der Waals surface area (Å²) in [6, 6.07) is 5.86. The van der Waals surface area contributed by atoms with Gasteiger partial charge in [0.15, 0.2) is 5.78 Å². The molecular weight excluding hydrogens is 288 g/mol. The molecule has 7 nitrogen and oxygen atoms in total. The van der Waals surface area contributed by atoms with Crippen LogP contribution in [0.2, 0.25) is 0 Å². The molecule has 0 aliphatic rings. The molecule has 0 unspecified atom stereocenters. The zero-order chi connectivity index (χ0) is 16.5. The SMILES string of the molecule is CC(=O)/C=C/C(=O)N[C@H](Cc1cccc(CNO)c1)C(=O)O. The highest BCUT2D eigenvalue weighted by Crippen LogP contribution is 2.08. The molecule has 0 aliphatic carbocycles. The number of carbonyl (C=O) groups excluding carboxylic acids is 2. The molecule has 0 aromatic heterocycles. The molecule has 118 valence electrons. The van der Waals surface area contributed by atoms with Gasteiger partial charge in [-0.05, 0) is 24.1 Å². The van der Waals surface area contributed by atoms with Gasteiger partial charge in [0.05, 0.1) is 0 Å². The van der Waals surface area contributed by atoms with Gasteiger partial charge in [-0.25, -0.2) is 10.3 Å². The van der Waals surface area contributed by atoms with Crippen LogP contribution in [0.1, 0.15) is 18.1 Å². The van der Waals surface area contributed by atoms with Crippen molar-refractivity contribution in [1.29, 1.82) is 0 Å². The third-order valence-electron chi connectivity index (χ3n) is 2.80. The Hall–Kier alpha value is -2.51. The van der Waals surface area contributed by atoms with Crippen LogP contribution in [0.15, 0.2) is 36.4 Å². The summed E-state index contributed by atoms with van der Waals surface area (Å²) in [6.07, 6.45) is 2.17. The second-order valence-electron chi connectivity index (χ2n) is 4.70. The van der Waals surface area contributed by atoms with Crippen LogP contribution in [0.4, 0.5) is 0 Å². The molecule has 0 bridgehead atoms. The third-order valence-corrected chi connectivity index (χ3v) is 2.80. The summed E-state index contributed by atoms with van der Waals surface area (Å²) in [5, 5.41) is 20.2. The van der Waals surface area contributed by atoms with Crippen LogP contribution in [-0.2, 0) is 27.3 Å². The zero-order valence-electron chi connectivity index (χ0n) is 12.1. The zero-order valence-corrected chi connectivity index (χ0v) is 12.1. The number of nitrogens with one attached hydrogen (secondary N) is 2. The molecule has 1 aromatic rings. The molecule has 0 heterocycles. The largest absolute Gasteiger partial charge is 0.480 e. The van der Waals surface area contributed by atoms with Gasteiger partial charge in [-0.1, -0.05) is 24.3 Å². The Balaban J connectivity index is 2.76. The summed E-state index contributed by atoms with van der Waals surface area (Å²) in [5.41, 5.74) is 3.51. The average Bonchev–Trinajstić information content (AvgIpc) is 2.45. The van der Waals surface area contributed by atoms with Crippen LogP contribution in [0.5, 0.6) is 0 Å². The smallest absolute Gasteiger partial charge is 0.326 e. The number of aliphatic carboxylic acids is 1. The lowest BCUT2D eigenvalue weighted by Crippen LogP contribution is -2.41. The minimum Gasteiger partial charge on any atom is -0.480 e. The van der Waals surface area contributed by atoms with Crippen LogP contribution in [0, 0.1) is 0 Å². The van der Waals surface area contributed by atoms with Crippen molar-refractivity contribution in [3.63, 3.8) is 0 Å². The number of carboxylic acids is 1. The highest BCUT2D eigenvalue weighted by atomic mass is 16.5. The Morgan fingerprint density at radius 2 is 1.91 bits per heavy atom. The highest BCUT2D eigenvalue weighted by Gasteiger charge is 2.19. The normalized spacial score (nSPS) is 12.1. The number of benzene rings is 1. The molecule has 4 N–H and O–H groups in total. The molecule has 0 fully saturated rings. The van der Waals surface area contributed by atoms with Crippen LogP contribution >= 0.6 is 0 Å². The van der Waals surface area contributed by atoms with Crippen molar-refractivity contribution >= 4 is 17.7 Å². The molecule has 1 atom stereocenters. The predicted molar refractivity (Wildman–Crippen MR) is 78.2 cm³/mol. The molecule has 22 heavy (non-hydrogen) atoms. The van der Waals surface area contributed by atoms with Gasteiger partial charge in [-0.15, -0.1) is 0 Å². The van der Waals surface area contributed by atoms with Gasteiger partial charge in [0, 0.05) is 19.0 Å². The van der Waals surface area contributed by atoms with Crippen molar-refractivity contribution < 1.29 is 24.7 Å². The van der Waals surface area contributed by atoms with E-state index in [9.17, 15) is 19.5 Å². The molecule has 0 spiro atoms. The number of allylic oxidation sites excluding steroid dienone is 1. The molecule has 0 saturated carbocycles. The first-order valence-electron chi connectivity index (χ1n) is 6.59. The average molecular weight is 306 g/mol. The molecular formula is C15H18N2O5. The maximum atomic E-state index is 11.6. The van der Waals surface area contributed by atoms with Gasteiger partial charge in [0.1, 0.15) is 6.04 Å². The van der Waals surface area contributed by atoms with Crippen molar-refractivity contribution in [3.05, 3.63) is 47.5 Å². The number of hydrogen-bond acceptors (Lipinski definition) is 5. The fourth-order valence-electron chi connectivity index (χ4n) is 1.81. The lowest BCUT2D eigenvalue weighted by atomic mass is 10.0. The van der Waals surface area contributed by atoms with Gasteiger partial charge in [0.25, 0.3) is 0 Å². The summed E-state index contributed by atoms with van der Waals surface area (Å²) in [5.74, 6) is -2.11. The second kappa shape index (κ2) is 8.71. The minimum atomic E-state index is -1.17. The van der Waals surface area contributed by atoms with Crippen molar-refractivity contribution in [1.82, 2.24) is 10.8 Å². The van der Waals surface area contributed by atoms with E-state index >= 15 is 0 Å². The van der Waals surface area contributed by atoms with E-state index in [1.165, 1.54) is 6.92 Å². The number of ketones is 1. The number of carboxylic acid groups (broad SMARTS) is 1. The molecule has 0 aliphatic heterocycles. The quantitative estimate of drug-likeness (QED) is 0.409. The maximum Gasteiger partial charge on any atom is 0.326 e. The first-order chi connectivity index (χ1) is 10.4. The lowest BCUT2D eigenvalue weighted by molar-refractivity contribution is -0.141. The second-order valence-corrected chi connectivity index (χ2v) is 4.70. The molecule has 1 aromatic carbocycles. The number of amides is 1. The summed E-state index contributed by atoms with van der Waals surface area (Å²) in [6.45, 7) is 1.53. The number of rotatable bonds is 8. The first-order valence-corrected chi connectivity index (χ1v) is 6.59. The van der Waals surface area contributed by atoms with E-state index in [0.29, 0.717) is 5.56 Å². The van der Waals surface area contributed by atoms with Crippen LogP contribution in [0.25, 0.3) is 0 Å². The molecule has 7 heteroatoms. The molecule has 0 saturated heterocycles. The van der Waals surface area contributed by atoms with E-state index in [-0.39, 0.29) is 18.7 Å². The predicted octanol–water partition coefficient (Wildman–Crippen LogP) is 0.423. The fraction of sp³-hybridized carbons (Fsp3) is 0.267. The van der Waals surface area contributed by atoms with Gasteiger partial charge >= 0.3 is 5.97 Å². The number of hydroxylamine groups is 1. The lowest BCUT2D eigenvalue weighted by Gasteiger charge is -2.14. The molecule has 1 amide bonds. The van der Waals surface area contributed by atoms with E-state index in [2.05, 4.69) is 5.32 Å². The molecule has 1 rings (SSSR count). The van der Waals surface area contributed by atoms with E-state index in [1.807, 2.05) is 5.48 Å². The number of hydrogen-bond donors (Lipinski definition) is 4. The topological polar surface area (TPSA) is 116 Å². The third kappa shape index (κ3) is 6.29. The summed E-state index contributed by atoms with van der Waals surface area (Å²) < 4.78 is 0. The monoisotopic (exact) mass is 306 g/mol. The Labute approximate surface area is 127 Å². The van der Waals surface area contributed by atoms with E-state index in [1.54, 1.807) is 24.3 Å². The van der Waals surface area contributed by atoms with E-state index in [0.717, 1.165) is 17.7 Å². The summed E-state index contributed by atoms with van der Waals surface area (Å²) in [4.78, 5) is 33.5. The van der Waals surface area contributed by atoms with Crippen LogP contribution < -0.4 is 10.8 Å². The van der Waals surface area contributed by atoms with Crippen molar-refractivity contribution in [2.45, 2.75) is 25.9 Å². The summed E-state index contributed by atoms with van der Waals surface area (Å²) >= 11 is 0. The van der Waals surface area contributed by atoms with Crippen molar-refractivity contribution in [3.8, 4) is 0 Å². The summed E-state index contributed by atoms with van der Waals surface area (Å²) in [7, 11) is 0. The van der Waals surface area contributed by atoms with Gasteiger partial charge in [-0.3, -0.25) is 9.59 Å². The minimum absolute atomic E-state index is 0.0915. The Morgan fingerprint density at radius 3 is 2.50 bits per heavy atom. The van der Waals surface area contributed by atoms with Crippen molar-refractivity contribution in [2.75, 3.05) is 0 Å². The Morgan fingerprint density at radius 1 is 1.23 bits per heavy atom. The van der Waals surface area contributed by atoms with Gasteiger partial charge < -0.3 is 15.6 Å². The van der Waals surface area contributed by atoms with Crippen LogP contribution in [-0.4, -0.2) is 34.0 Å². The van der Waals surface area contributed by atoms with E-state index in [4.69, 9.17) is 5.21 Å². The maximum absolute atomic E-state index is 11.6. The Kier molecular flexibility index (Phi) is 6.94. The fourth-order valence-corrected chi connectivity index (χ4v) is 1.81. The highest BCUT2D eigenvalue weighted by molar-refractivity contribution is 5.97. The van der Waals surface area contributed by atoms with Gasteiger partial charge in [-0.2, -0.15) is 0 Å². The molecule has 0 radical (unpaired) electrons. The standard InChI is InChI=1S/C15H18N2O5/c1-10(18)5-6-14(19)17-13(15(20)21)8-11-3-2-4-12(7-11)9-16-22/h2-7,13,16,22H,8-9H2,1H3,(H,17,19)(H,20,21)/b6-5+/t13-/m1/s1. The van der Waals surface area contributed by atoms with Crippen LogP contribution in [0.3, 0.4) is 0 Å². The van der Waals surface area contributed by atoms with Gasteiger partial charge in [0.2, 0.25) is 5.91 Å². The van der Waals surface area contributed by atoms with Crippen molar-refractivity contribution in [2.24, 2.45) is 0 Å².